The number of hydrogen-bond donors (Lipinski definition) is 0. The van der Waals surface area contributed by atoms with Crippen LogP contribution in [0.25, 0.3) is 16.7 Å². The molecule has 0 fully saturated rings. The molecule has 0 aliphatic carbocycles. The fourth-order valence-electron chi connectivity index (χ4n) is 3.64. The van der Waals surface area contributed by atoms with Crippen LogP contribution in [0.3, 0.4) is 0 Å². The number of fused-ring (bicyclic) bond motifs is 1. The zero-order valence-corrected chi connectivity index (χ0v) is 21.5. The van der Waals surface area contributed by atoms with E-state index in [0.717, 1.165) is 17.3 Å². The quantitative estimate of drug-likeness (QED) is 0.198. The van der Waals surface area contributed by atoms with Crippen LogP contribution in [-0.4, -0.2) is 23.0 Å². The third kappa shape index (κ3) is 5.89. The van der Waals surface area contributed by atoms with E-state index >= 15 is 0 Å². The van der Waals surface area contributed by atoms with Crippen molar-refractivity contribution in [3.63, 3.8) is 0 Å². The summed E-state index contributed by atoms with van der Waals surface area (Å²) in [6.07, 6.45) is 2.84. The summed E-state index contributed by atoms with van der Waals surface area (Å²) in [5.74, 6) is 0.415. The van der Waals surface area contributed by atoms with Crippen LogP contribution >= 0.6 is 15.9 Å². The van der Waals surface area contributed by atoms with Gasteiger partial charge in [-0.05, 0) is 39.2 Å². The second kappa shape index (κ2) is 10.6. The lowest BCUT2D eigenvalue weighted by Gasteiger charge is -2.14. The molecule has 0 bridgehead atoms. The molecule has 8 nitrogen and oxygen atoms in total. The molecule has 3 aromatic heterocycles. The maximum absolute atomic E-state index is 13.1. The maximum atomic E-state index is 13.1. The van der Waals surface area contributed by atoms with Crippen molar-refractivity contribution in [2.45, 2.75) is 13.2 Å². The van der Waals surface area contributed by atoms with Crippen LogP contribution in [-0.2, 0) is 23.7 Å². The minimum atomic E-state index is -5.21. The van der Waals surface area contributed by atoms with E-state index in [4.69, 9.17) is 9.47 Å². The third-order valence-corrected chi connectivity index (χ3v) is 6.52. The van der Waals surface area contributed by atoms with E-state index < -0.39 is 10.5 Å². The Morgan fingerprint density at radius 1 is 0.865 bits per heavy atom. The van der Waals surface area contributed by atoms with Gasteiger partial charge in [0.15, 0.2) is 5.75 Å². The van der Waals surface area contributed by atoms with Gasteiger partial charge >= 0.3 is 10.5 Å². The minimum Gasteiger partial charge on any atom is -0.473 e. The molecule has 188 valence electrons. The van der Waals surface area contributed by atoms with Gasteiger partial charge in [0.2, 0.25) is 11.8 Å². The van der Waals surface area contributed by atoms with Crippen molar-refractivity contribution >= 4 is 37.5 Å². The minimum absolute atomic E-state index is 0.236. The summed E-state index contributed by atoms with van der Waals surface area (Å²) in [6, 6.07) is 24.6. The molecule has 11 heteroatoms. The molecule has 3 heterocycles. The number of benzene rings is 2. The highest BCUT2D eigenvalue weighted by Crippen LogP contribution is 2.36. The lowest BCUT2D eigenvalue weighted by molar-refractivity contribution is 0.267. The Hall–Kier alpha value is -3.96. The molecule has 0 saturated carbocycles. The molecule has 2 aromatic carbocycles. The Morgan fingerprint density at radius 2 is 1.51 bits per heavy atom. The molecule has 37 heavy (non-hydrogen) atoms. The molecule has 0 unspecified atom stereocenters. The summed E-state index contributed by atoms with van der Waals surface area (Å²) in [6.45, 7) is 0.609. The van der Waals surface area contributed by atoms with Crippen LogP contribution in [0.4, 0.5) is 3.89 Å². The number of nitrogens with zero attached hydrogens (tertiary/aromatic N) is 3. The molecule has 0 radical (unpaired) electrons. The summed E-state index contributed by atoms with van der Waals surface area (Å²) in [4.78, 5) is 8.88. The molecule has 5 rings (SSSR count). The highest BCUT2D eigenvalue weighted by Gasteiger charge is 2.19. The van der Waals surface area contributed by atoms with Gasteiger partial charge in [0.05, 0.1) is 10.7 Å². The predicted octanol–water partition coefficient (Wildman–Crippen LogP) is 5.93. The van der Waals surface area contributed by atoms with Crippen LogP contribution in [0.15, 0.2) is 95.7 Å². The summed E-state index contributed by atoms with van der Waals surface area (Å²) < 4.78 is 53.3. The number of aromatic nitrogens is 3. The van der Waals surface area contributed by atoms with Crippen molar-refractivity contribution < 1.29 is 26.0 Å². The van der Waals surface area contributed by atoms with Gasteiger partial charge in [0.1, 0.15) is 24.5 Å². The first-order valence-electron chi connectivity index (χ1n) is 11.0. The van der Waals surface area contributed by atoms with Crippen LogP contribution in [0.5, 0.6) is 17.5 Å². The Bertz CT molecular complexity index is 1650. The molecule has 0 N–H and O–H groups in total. The molecule has 0 spiro atoms. The van der Waals surface area contributed by atoms with Gasteiger partial charge in [0, 0.05) is 17.6 Å². The predicted molar refractivity (Wildman–Crippen MR) is 139 cm³/mol. The standard InChI is InChI=1S/C26H19BrFN3O5S/c27-24-20-13-14-31(25(20)29-15-22(24)36-37(28,32)33)21-11-12-23(34-16-18-7-3-1-4-8-18)30-26(21)35-17-19-9-5-2-6-10-19/h1-15H,16-17H2. The van der Waals surface area contributed by atoms with Crippen molar-refractivity contribution in [1.82, 2.24) is 14.5 Å². The highest BCUT2D eigenvalue weighted by atomic mass is 79.9. The maximum Gasteiger partial charge on any atom is 0.488 e. The SMILES string of the molecule is O=S(=O)(F)Oc1cnc2c(ccn2-c2ccc(OCc3ccccc3)nc2OCc2ccccc2)c1Br. The Morgan fingerprint density at radius 3 is 2.16 bits per heavy atom. The Labute approximate surface area is 220 Å². The number of pyridine rings is 2. The van der Waals surface area contributed by atoms with Crippen LogP contribution < -0.4 is 13.7 Å². The lowest BCUT2D eigenvalue weighted by atomic mass is 10.2. The third-order valence-electron chi connectivity index (χ3n) is 5.33. The Kier molecular flexibility index (Phi) is 7.06. The molecule has 0 aliphatic rings. The van der Waals surface area contributed by atoms with E-state index in [2.05, 4.69) is 30.1 Å². The number of halogens is 2. The van der Waals surface area contributed by atoms with E-state index in [-0.39, 0.29) is 16.8 Å². The zero-order valence-electron chi connectivity index (χ0n) is 19.1. The van der Waals surface area contributed by atoms with Crippen LogP contribution in [0, 0.1) is 0 Å². The van der Waals surface area contributed by atoms with Gasteiger partial charge in [-0.2, -0.15) is 13.4 Å². The van der Waals surface area contributed by atoms with Gasteiger partial charge in [-0.15, -0.1) is 0 Å². The molecule has 0 atom stereocenters. The van der Waals surface area contributed by atoms with E-state index in [9.17, 15) is 12.3 Å². The average Bonchev–Trinajstić information content (AvgIpc) is 3.33. The van der Waals surface area contributed by atoms with Crippen molar-refractivity contribution in [1.29, 1.82) is 0 Å². The summed E-state index contributed by atoms with van der Waals surface area (Å²) in [5.41, 5.74) is 2.97. The second-order valence-electron chi connectivity index (χ2n) is 7.86. The van der Waals surface area contributed by atoms with Gasteiger partial charge in [-0.3, -0.25) is 4.57 Å². The zero-order chi connectivity index (χ0) is 25.8. The van der Waals surface area contributed by atoms with Crippen molar-refractivity contribution in [2.75, 3.05) is 0 Å². The smallest absolute Gasteiger partial charge is 0.473 e. The van der Waals surface area contributed by atoms with E-state index in [1.165, 1.54) is 0 Å². The van der Waals surface area contributed by atoms with Gasteiger partial charge in [-0.1, -0.05) is 64.5 Å². The molecular weight excluding hydrogens is 565 g/mol. The molecule has 5 aromatic rings. The first-order valence-corrected chi connectivity index (χ1v) is 13.1. The van der Waals surface area contributed by atoms with Gasteiger partial charge in [-0.25, -0.2) is 4.98 Å². The molecule has 0 amide bonds. The summed E-state index contributed by atoms with van der Waals surface area (Å²) in [5, 5.41) is 0.500. The topological polar surface area (TPSA) is 92.5 Å². The fraction of sp³-hybridized carbons (Fsp3) is 0.0769. The Balaban J connectivity index is 1.50. The number of ether oxygens (including phenoxy) is 2. The van der Waals surface area contributed by atoms with Crippen LogP contribution in [0.2, 0.25) is 0 Å². The first kappa shape index (κ1) is 24.7. The highest BCUT2D eigenvalue weighted by molar-refractivity contribution is 9.10. The first-order chi connectivity index (χ1) is 17.9. The monoisotopic (exact) mass is 583 g/mol. The fourth-order valence-corrected chi connectivity index (χ4v) is 4.58. The average molecular weight is 584 g/mol. The largest absolute Gasteiger partial charge is 0.488 e. The van der Waals surface area contributed by atoms with E-state index in [1.807, 2.05) is 60.7 Å². The van der Waals surface area contributed by atoms with Gasteiger partial charge in [0.25, 0.3) is 0 Å². The normalized spacial score (nSPS) is 11.4. The molecular formula is C26H19BrFN3O5S. The van der Waals surface area contributed by atoms with Gasteiger partial charge < -0.3 is 13.7 Å². The number of hydrogen-bond acceptors (Lipinski definition) is 7. The molecule has 0 aliphatic heterocycles. The van der Waals surface area contributed by atoms with E-state index in [0.29, 0.717) is 35.1 Å². The second-order valence-corrected chi connectivity index (χ2v) is 9.60. The van der Waals surface area contributed by atoms with Crippen molar-refractivity contribution in [3.8, 4) is 23.2 Å². The van der Waals surface area contributed by atoms with Crippen molar-refractivity contribution in [2.24, 2.45) is 0 Å². The summed E-state index contributed by atoms with van der Waals surface area (Å²) >= 11 is 3.28. The lowest BCUT2D eigenvalue weighted by Crippen LogP contribution is -2.06. The molecule has 0 saturated heterocycles. The van der Waals surface area contributed by atoms with Crippen molar-refractivity contribution in [3.05, 3.63) is 107 Å². The van der Waals surface area contributed by atoms with E-state index in [1.54, 1.807) is 29.0 Å². The van der Waals surface area contributed by atoms with Crippen LogP contribution in [0.1, 0.15) is 11.1 Å². The summed E-state index contributed by atoms with van der Waals surface area (Å²) in [7, 11) is -5.21. The number of rotatable bonds is 9.